The van der Waals surface area contributed by atoms with Crippen LogP contribution in [0.15, 0.2) is 0 Å². The molecule has 2 atom stereocenters. The zero-order valence-electron chi connectivity index (χ0n) is 12.1. The van der Waals surface area contributed by atoms with E-state index in [4.69, 9.17) is 4.74 Å². The van der Waals surface area contributed by atoms with E-state index in [1.165, 1.54) is 12.8 Å². The van der Waals surface area contributed by atoms with Crippen LogP contribution in [0.25, 0.3) is 0 Å². The second-order valence-corrected chi connectivity index (χ2v) is 4.71. The number of hydrogen-bond donors (Lipinski definition) is 1. The summed E-state index contributed by atoms with van der Waals surface area (Å²) < 4.78 is 6.02. The number of ether oxygens (including phenoxy) is 1. The molecule has 0 saturated heterocycles. The Morgan fingerprint density at radius 3 is 1.94 bits per heavy atom. The van der Waals surface area contributed by atoms with Gasteiger partial charge in [-0.1, -0.05) is 40.5 Å². The SMILES string of the molecule is CCNC(C(CC)CC)C(C)(CC)OCC. The highest BCUT2D eigenvalue weighted by atomic mass is 16.5. The maximum Gasteiger partial charge on any atom is 0.0806 e. The van der Waals surface area contributed by atoms with Gasteiger partial charge in [-0.2, -0.15) is 0 Å². The van der Waals surface area contributed by atoms with Crippen molar-refractivity contribution in [2.45, 2.75) is 72.4 Å². The van der Waals surface area contributed by atoms with Gasteiger partial charge in [0, 0.05) is 12.6 Å². The Morgan fingerprint density at radius 1 is 1.06 bits per heavy atom. The van der Waals surface area contributed by atoms with Crippen LogP contribution in [0.3, 0.4) is 0 Å². The Kier molecular flexibility index (Phi) is 8.04. The van der Waals surface area contributed by atoms with Gasteiger partial charge in [-0.3, -0.25) is 0 Å². The first kappa shape index (κ1) is 15.9. The molecule has 0 aromatic heterocycles. The topological polar surface area (TPSA) is 21.3 Å². The molecule has 0 amide bonds. The summed E-state index contributed by atoms with van der Waals surface area (Å²) in [6, 6.07) is 0.470. The van der Waals surface area contributed by atoms with Gasteiger partial charge < -0.3 is 10.1 Å². The van der Waals surface area contributed by atoms with Gasteiger partial charge in [-0.05, 0) is 32.7 Å². The number of nitrogens with one attached hydrogen (secondary N) is 1. The van der Waals surface area contributed by atoms with Gasteiger partial charge in [-0.15, -0.1) is 0 Å². The molecular weight excluding hydrogens is 198 g/mol. The molecule has 0 radical (unpaired) electrons. The third-order valence-electron chi connectivity index (χ3n) is 3.78. The molecule has 0 bridgehead atoms. The maximum absolute atomic E-state index is 6.02. The average molecular weight is 229 g/mol. The van der Waals surface area contributed by atoms with Crippen LogP contribution in [0.2, 0.25) is 0 Å². The summed E-state index contributed by atoms with van der Waals surface area (Å²) in [4.78, 5) is 0. The van der Waals surface area contributed by atoms with Gasteiger partial charge in [0.15, 0.2) is 0 Å². The summed E-state index contributed by atoms with van der Waals surface area (Å²) in [6.07, 6.45) is 3.50. The fraction of sp³-hybridized carbons (Fsp3) is 1.00. The van der Waals surface area contributed by atoms with Crippen LogP contribution < -0.4 is 5.32 Å². The number of rotatable bonds is 9. The summed E-state index contributed by atoms with van der Waals surface area (Å²) in [5, 5.41) is 3.64. The van der Waals surface area contributed by atoms with Crippen LogP contribution in [0.5, 0.6) is 0 Å². The van der Waals surface area contributed by atoms with E-state index >= 15 is 0 Å². The highest BCUT2D eigenvalue weighted by Gasteiger charge is 2.36. The van der Waals surface area contributed by atoms with Crippen LogP contribution in [-0.4, -0.2) is 24.8 Å². The Labute approximate surface area is 102 Å². The molecule has 0 fully saturated rings. The normalized spacial score (nSPS) is 17.4. The molecule has 0 rings (SSSR count). The molecular formula is C14H31NO. The zero-order valence-corrected chi connectivity index (χ0v) is 12.1. The third kappa shape index (κ3) is 4.06. The monoisotopic (exact) mass is 229 g/mol. The second-order valence-electron chi connectivity index (χ2n) is 4.71. The smallest absolute Gasteiger partial charge is 0.0806 e. The first-order valence-corrected chi connectivity index (χ1v) is 6.96. The molecule has 0 aromatic carbocycles. The standard InChI is InChI=1S/C14H31NO/c1-7-12(8-2)13(15-10-4)14(6,9-3)16-11-5/h12-13,15H,7-11H2,1-6H3. The molecule has 0 aliphatic carbocycles. The molecule has 2 nitrogen and oxygen atoms in total. The number of hydrogen-bond acceptors (Lipinski definition) is 2. The molecule has 0 heterocycles. The van der Waals surface area contributed by atoms with Crippen LogP contribution in [-0.2, 0) is 4.74 Å². The summed E-state index contributed by atoms with van der Waals surface area (Å²) >= 11 is 0. The van der Waals surface area contributed by atoms with Crippen molar-refractivity contribution < 1.29 is 4.74 Å². The van der Waals surface area contributed by atoms with Crippen molar-refractivity contribution in [1.82, 2.24) is 5.32 Å². The van der Waals surface area contributed by atoms with Gasteiger partial charge in [0.25, 0.3) is 0 Å². The van der Waals surface area contributed by atoms with E-state index < -0.39 is 0 Å². The van der Waals surface area contributed by atoms with Gasteiger partial charge in [0.2, 0.25) is 0 Å². The molecule has 0 aliphatic heterocycles. The predicted molar refractivity (Wildman–Crippen MR) is 71.9 cm³/mol. The average Bonchev–Trinajstić information content (AvgIpc) is 2.29. The van der Waals surface area contributed by atoms with Gasteiger partial charge in [0.05, 0.1) is 5.60 Å². The van der Waals surface area contributed by atoms with Crippen molar-refractivity contribution >= 4 is 0 Å². The van der Waals surface area contributed by atoms with Crippen LogP contribution in [0.4, 0.5) is 0 Å². The minimum absolute atomic E-state index is 0.0263. The highest BCUT2D eigenvalue weighted by molar-refractivity contribution is 4.92. The molecule has 0 aromatic rings. The van der Waals surface area contributed by atoms with Crippen molar-refractivity contribution in [1.29, 1.82) is 0 Å². The molecule has 2 unspecified atom stereocenters. The number of likely N-dealkylation sites (N-methyl/N-ethyl adjacent to an activating group) is 1. The molecule has 2 heteroatoms. The maximum atomic E-state index is 6.02. The Hall–Kier alpha value is -0.0800. The first-order valence-electron chi connectivity index (χ1n) is 6.96. The van der Waals surface area contributed by atoms with E-state index in [9.17, 15) is 0 Å². The fourth-order valence-electron chi connectivity index (χ4n) is 2.60. The van der Waals surface area contributed by atoms with Crippen molar-refractivity contribution in [2.24, 2.45) is 5.92 Å². The lowest BCUT2D eigenvalue weighted by Gasteiger charge is -2.41. The lowest BCUT2D eigenvalue weighted by molar-refractivity contribution is -0.0698. The predicted octanol–water partition coefficient (Wildman–Crippen LogP) is 3.61. The zero-order chi connectivity index (χ0) is 12.6. The minimum atomic E-state index is -0.0263. The molecule has 0 spiro atoms. The molecule has 0 saturated carbocycles. The third-order valence-corrected chi connectivity index (χ3v) is 3.78. The van der Waals surface area contributed by atoms with E-state index in [0.29, 0.717) is 12.0 Å². The second kappa shape index (κ2) is 8.08. The van der Waals surface area contributed by atoms with E-state index in [2.05, 4.69) is 46.9 Å². The van der Waals surface area contributed by atoms with Crippen molar-refractivity contribution in [3.63, 3.8) is 0 Å². The lowest BCUT2D eigenvalue weighted by Crippen LogP contribution is -2.54. The Balaban J connectivity index is 4.82. The first-order chi connectivity index (χ1) is 7.59. The van der Waals surface area contributed by atoms with Crippen molar-refractivity contribution in [3.8, 4) is 0 Å². The fourth-order valence-corrected chi connectivity index (χ4v) is 2.60. The highest BCUT2D eigenvalue weighted by Crippen LogP contribution is 2.28. The largest absolute Gasteiger partial charge is 0.374 e. The van der Waals surface area contributed by atoms with Gasteiger partial charge in [0.1, 0.15) is 0 Å². The molecule has 98 valence electrons. The van der Waals surface area contributed by atoms with E-state index in [0.717, 1.165) is 19.6 Å². The van der Waals surface area contributed by atoms with Crippen molar-refractivity contribution in [3.05, 3.63) is 0 Å². The van der Waals surface area contributed by atoms with Gasteiger partial charge in [-0.25, -0.2) is 0 Å². The van der Waals surface area contributed by atoms with E-state index in [1.54, 1.807) is 0 Å². The minimum Gasteiger partial charge on any atom is -0.374 e. The summed E-state index contributed by atoms with van der Waals surface area (Å²) in [7, 11) is 0. The van der Waals surface area contributed by atoms with Crippen LogP contribution in [0, 0.1) is 5.92 Å². The summed E-state index contributed by atoms with van der Waals surface area (Å²) in [5.41, 5.74) is -0.0263. The van der Waals surface area contributed by atoms with Crippen molar-refractivity contribution in [2.75, 3.05) is 13.2 Å². The quantitative estimate of drug-likeness (QED) is 0.652. The summed E-state index contributed by atoms with van der Waals surface area (Å²) in [5.74, 6) is 0.705. The Morgan fingerprint density at radius 2 is 1.62 bits per heavy atom. The van der Waals surface area contributed by atoms with Crippen LogP contribution >= 0.6 is 0 Å². The molecule has 16 heavy (non-hydrogen) atoms. The molecule has 0 aliphatic rings. The molecule has 1 N–H and O–H groups in total. The van der Waals surface area contributed by atoms with E-state index in [-0.39, 0.29) is 5.60 Å². The van der Waals surface area contributed by atoms with Crippen LogP contribution in [0.1, 0.15) is 60.8 Å². The van der Waals surface area contributed by atoms with Gasteiger partial charge >= 0.3 is 0 Å². The lowest BCUT2D eigenvalue weighted by atomic mass is 9.81. The Bertz CT molecular complexity index is 168. The van der Waals surface area contributed by atoms with E-state index in [1.807, 2.05) is 0 Å². The summed E-state index contributed by atoms with van der Waals surface area (Å²) in [6.45, 7) is 15.1.